The van der Waals surface area contributed by atoms with E-state index in [1.165, 1.54) is 18.2 Å². The van der Waals surface area contributed by atoms with Crippen LogP contribution in [0.4, 0.5) is 0 Å². The predicted octanol–water partition coefficient (Wildman–Crippen LogP) is 3.31. The molecule has 0 amide bonds. The molecule has 0 atom stereocenters. The zero-order valence-electron chi connectivity index (χ0n) is 14.2. The van der Waals surface area contributed by atoms with Crippen LogP contribution in [0, 0.1) is 0 Å². The number of benzene rings is 2. The summed E-state index contributed by atoms with van der Waals surface area (Å²) >= 11 is 5.85. The normalized spacial score (nSPS) is 14.8. The summed E-state index contributed by atoms with van der Waals surface area (Å²) in [4.78, 5) is 27.4. The van der Waals surface area contributed by atoms with Gasteiger partial charge in [-0.25, -0.2) is 9.79 Å². The Kier molecular flexibility index (Phi) is 4.55. The maximum Gasteiger partial charge on any atom is 0.363 e. The molecular formula is C21H11ClNO5-. The molecule has 1 aliphatic rings. The minimum Gasteiger partial charge on any atom is -0.545 e. The number of carbonyl (C=O) groups is 2. The Bertz CT molecular complexity index is 1140. The van der Waals surface area contributed by atoms with E-state index in [4.69, 9.17) is 20.8 Å². The average molecular weight is 393 g/mol. The van der Waals surface area contributed by atoms with Crippen molar-refractivity contribution in [2.75, 3.05) is 0 Å². The van der Waals surface area contributed by atoms with Gasteiger partial charge in [0.1, 0.15) is 11.5 Å². The molecular weight excluding hydrogens is 382 g/mol. The van der Waals surface area contributed by atoms with Gasteiger partial charge in [-0.3, -0.25) is 0 Å². The van der Waals surface area contributed by atoms with Gasteiger partial charge in [0.15, 0.2) is 5.70 Å². The van der Waals surface area contributed by atoms with E-state index in [9.17, 15) is 14.7 Å². The van der Waals surface area contributed by atoms with Crippen LogP contribution < -0.4 is 5.11 Å². The van der Waals surface area contributed by atoms with Gasteiger partial charge in [-0.1, -0.05) is 29.8 Å². The van der Waals surface area contributed by atoms with Crippen LogP contribution in [0.25, 0.3) is 17.4 Å². The van der Waals surface area contributed by atoms with Crippen LogP contribution in [0.3, 0.4) is 0 Å². The summed E-state index contributed by atoms with van der Waals surface area (Å²) < 4.78 is 10.9. The summed E-state index contributed by atoms with van der Waals surface area (Å²) in [5, 5.41) is 11.2. The van der Waals surface area contributed by atoms with Gasteiger partial charge in [0.05, 0.1) is 5.97 Å². The quantitative estimate of drug-likeness (QED) is 0.501. The van der Waals surface area contributed by atoms with Crippen LogP contribution in [0.5, 0.6) is 0 Å². The van der Waals surface area contributed by atoms with Crippen LogP contribution in [0.1, 0.15) is 21.7 Å². The Balaban J connectivity index is 1.63. The maximum absolute atomic E-state index is 12.1. The zero-order chi connectivity index (χ0) is 19.7. The van der Waals surface area contributed by atoms with E-state index in [-0.39, 0.29) is 22.2 Å². The fourth-order valence-corrected chi connectivity index (χ4v) is 2.86. The third-order valence-electron chi connectivity index (χ3n) is 4.02. The van der Waals surface area contributed by atoms with E-state index in [0.717, 1.165) is 0 Å². The van der Waals surface area contributed by atoms with Crippen molar-refractivity contribution in [1.29, 1.82) is 0 Å². The number of ether oxygens (including phenoxy) is 1. The summed E-state index contributed by atoms with van der Waals surface area (Å²) in [6.45, 7) is 0. The van der Waals surface area contributed by atoms with Gasteiger partial charge >= 0.3 is 5.97 Å². The fraction of sp³-hybridized carbons (Fsp3) is 0. The van der Waals surface area contributed by atoms with Crippen LogP contribution in [-0.2, 0) is 9.53 Å². The van der Waals surface area contributed by atoms with Gasteiger partial charge in [0, 0.05) is 27.8 Å². The lowest BCUT2D eigenvalue weighted by molar-refractivity contribution is -0.255. The van der Waals surface area contributed by atoms with Crippen molar-refractivity contribution >= 4 is 35.5 Å². The average Bonchev–Trinajstić information content (AvgIpc) is 3.30. The number of nitrogens with zero attached hydrogens (tertiary/aromatic N) is 1. The molecule has 1 aliphatic heterocycles. The molecule has 2 aromatic carbocycles. The molecule has 138 valence electrons. The minimum absolute atomic E-state index is 0.0779. The third kappa shape index (κ3) is 3.45. The van der Waals surface area contributed by atoms with Crippen molar-refractivity contribution < 1.29 is 23.8 Å². The molecule has 0 radical (unpaired) electrons. The highest BCUT2D eigenvalue weighted by Crippen LogP contribution is 2.28. The lowest BCUT2D eigenvalue weighted by Gasteiger charge is -2.06. The van der Waals surface area contributed by atoms with Gasteiger partial charge in [-0.05, 0) is 42.5 Å². The van der Waals surface area contributed by atoms with E-state index in [2.05, 4.69) is 4.99 Å². The Hall–Kier alpha value is -3.64. The largest absolute Gasteiger partial charge is 0.545 e. The molecule has 28 heavy (non-hydrogen) atoms. The number of carboxylic acid groups (broad SMARTS) is 1. The van der Waals surface area contributed by atoms with E-state index >= 15 is 0 Å². The third-order valence-corrected chi connectivity index (χ3v) is 4.35. The van der Waals surface area contributed by atoms with Crippen molar-refractivity contribution in [3.8, 4) is 11.3 Å². The van der Waals surface area contributed by atoms with E-state index in [1.807, 2.05) is 18.2 Å². The highest BCUT2D eigenvalue weighted by Gasteiger charge is 2.24. The lowest BCUT2D eigenvalue weighted by Crippen LogP contribution is -2.22. The molecule has 0 saturated carbocycles. The molecule has 4 rings (SSSR count). The zero-order valence-corrected chi connectivity index (χ0v) is 15.0. The molecule has 1 aromatic heterocycles. The van der Waals surface area contributed by atoms with Crippen molar-refractivity contribution in [2.45, 2.75) is 0 Å². The molecule has 2 heterocycles. The first-order valence-corrected chi connectivity index (χ1v) is 8.58. The number of esters is 1. The first kappa shape index (κ1) is 17.8. The van der Waals surface area contributed by atoms with Crippen molar-refractivity contribution in [1.82, 2.24) is 0 Å². The summed E-state index contributed by atoms with van der Waals surface area (Å²) in [5.74, 6) is -0.964. The van der Waals surface area contributed by atoms with Crippen molar-refractivity contribution in [3.63, 3.8) is 0 Å². The Labute approximate surface area is 164 Å². The standard InChI is InChI=1S/C21H12ClNO5/c22-16-8-6-13(10-15(16)20(24)25)18-9-7-14(27-18)11-17-21(26)28-19(23-17)12-4-2-1-3-5-12/h1-11H,(H,24,25)/p-1. The molecule has 0 aliphatic carbocycles. The van der Waals surface area contributed by atoms with Gasteiger partial charge in [-0.15, -0.1) is 0 Å². The second-order valence-corrected chi connectivity index (χ2v) is 6.29. The lowest BCUT2D eigenvalue weighted by atomic mass is 10.1. The number of carboxylic acids is 1. The Morgan fingerprint density at radius 3 is 2.57 bits per heavy atom. The van der Waals surface area contributed by atoms with Gasteiger partial charge in [0.2, 0.25) is 5.90 Å². The summed E-state index contributed by atoms with van der Waals surface area (Å²) in [5.41, 5.74) is 1.17. The molecule has 7 heteroatoms. The van der Waals surface area contributed by atoms with Gasteiger partial charge in [-0.2, -0.15) is 0 Å². The SMILES string of the molecule is O=C1OC(c2ccccc2)=NC1=Cc1ccc(-c2ccc(Cl)c(C(=O)[O-])c2)o1. The van der Waals surface area contributed by atoms with Gasteiger partial charge < -0.3 is 19.1 Å². The van der Waals surface area contributed by atoms with Crippen LogP contribution in [-0.4, -0.2) is 17.8 Å². The fourth-order valence-electron chi connectivity index (χ4n) is 2.67. The Morgan fingerprint density at radius 2 is 1.82 bits per heavy atom. The first-order valence-electron chi connectivity index (χ1n) is 8.20. The van der Waals surface area contributed by atoms with Crippen molar-refractivity contribution in [2.24, 2.45) is 4.99 Å². The molecule has 0 saturated heterocycles. The maximum atomic E-state index is 12.1. The number of rotatable bonds is 4. The topological polar surface area (TPSA) is 91.9 Å². The molecule has 0 N–H and O–H groups in total. The monoisotopic (exact) mass is 392 g/mol. The molecule has 3 aromatic rings. The minimum atomic E-state index is -1.38. The smallest absolute Gasteiger partial charge is 0.363 e. The van der Waals surface area contributed by atoms with E-state index in [0.29, 0.717) is 22.6 Å². The number of furan rings is 1. The number of hydrogen-bond donors (Lipinski definition) is 0. The summed E-state index contributed by atoms with van der Waals surface area (Å²) in [7, 11) is 0. The van der Waals surface area contributed by atoms with Crippen molar-refractivity contribution in [3.05, 3.63) is 88.3 Å². The number of aromatic carboxylic acids is 1. The van der Waals surface area contributed by atoms with Gasteiger partial charge in [0.25, 0.3) is 0 Å². The van der Waals surface area contributed by atoms with E-state index < -0.39 is 11.9 Å². The molecule has 0 bridgehead atoms. The summed E-state index contributed by atoms with van der Waals surface area (Å²) in [6, 6.07) is 16.8. The second-order valence-electron chi connectivity index (χ2n) is 5.89. The highest BCUT2D eigenvalue weighted by molar-refractivity contribution is 6.33. The van der Waals surface area contributed by atoms with Crippen LogP contribution in [0.15, 0.2) is 75.8 Å². The number of halogens is 1. The second kappa shape index (κ2) is 7.17. The molecule has 0 unspecified atom stereocenters. The summed E-state index contributed by atoms with van der Waals surface area (Å²) in [6.07, 6.45) is 1.46. The highest BCUT2D eigenvalue weighted by atomic mass is 35.5. The predicted molar refractivity (Wildman–Crippen MR) is 101 cm³/mol. The van der Waals surface area contributed by atoms with E-state index in [1.54, 1.807) is 30.3 Å². The first-order chi connectivity index (χ1) is 13.5. The number of hydrogen-bond acceptors (Lipinski definition) is 6. The molecule has 6 nitrogen and oxygen atoms in total. The number of carbonyl (C=O) groups excluding carboxylic acids is 2. The Morgan fingerprint density at radius 1 is 1.04 bits per heavy atom. The number of cyclic esters (lactones) is 1. The molecule has 0 fully saturated rings. The van der Waals surface area contributed by atoms with Crippen LogP contribution >= 0.6 is 11.6 Å². The number of aliphatic imine (C=N–C) groups is 1. The molecule has 0 spiro atoms. The van der Waals surface area contributed by atoms with Crippen LogP contribution in [0.2, 0.25) is 5.02 Å².